The summed E-state index contributed by atoms with van der Waals surface area (Å²) in [5.74, 6) is 0. The largest absolute Gasteiger partial charge is 0.310 e. The van der Waals surface area contributed by atoms with Crippen molar-refractivity contribution in [1.29, 1.82) is 0 Å². The van der Waals surface area contributed by atoms with Crippen LogP contribution in [0.3, 0.4) is 0 Å². The molecule has 0 unspecified atom stereocenters. The average Bonchev–Trinajstić information content (AvgIpc) is 3.93. The molecule has 65 heavy (non-hydrogen) atoms. The lowest BCUT2D eigenvalue weighted by atomic mass is 9.68. The van der Waals surface area contributed by atoms with Gasteiger partial charge in [-0.15, -0.1) is 0 Å². The molecule has 3 aliphatic rings. The monoisotopic (exact) mass is 827 g/mol. The van der Waals surface area contributed by atoms with E-state index >= 15 is 0 Å². The molecule has 10 aromatic carbocycles. The Labute approximate surface area is 381 Å². The molecule has 0 atom stereocenters. The van der Waals surface area contributed by atoms with Crippen LogP contribution in [0.15, 0.2) is 237 Å². The number of anilines is 3. The zero-order valence-electron chi connectivity index (χ0n) is 36.5. The minimum Gasteiger partial charge on any atom is -0.310 e. The van der Waals surface area contributed by atoms with E-state index in [0.717, 1.165) is 17.1 Å². The second-order valence-corrected chi connectivity index (χ2v) is 18.4. The molecule has 0 saturated carbocycles. The molecular weight excluding hydrogens is 783 g/mol. The fourth-order valence-corrected chi connectivity index (χ4v) is 11.8. The van der Waals surface area contributed by atoms with Gasteiger partial charge in [0.2, 0.25) is 0 Å². The van der Waals surface area contributed by atoms with Gasteiger partial charge in [0.15, 0.2) is 0 Å². The number of benzene rings is 10. The Morgan fingerprint density at radius 3 is 1.32 bits per heavy atom. The molecule has 10 aromatic rings. The standard InChI is InChI=1S/C64H45N/c1-63(2)56-26-11-6-20-50(56)54-40-39-47(41-60(54)63)65(61-30-15-10-19-48(61)44-17-4-3-5-18-44)46-37-35-43(36-38-46)42-31-33-45(34-32-42)49-24-16-25-55-53-23-9-14-29-59(53)64(62(49)55)57-27-12-7-21-51(57)52-22-8-13-28-58(52)64/h3-41H,1-2H3. The first-order valence-electron chi connectivity index (χ1n) is 22.8. The number of rotatable bonds is 6. The van der Waals surface area contributed by atoms with Crippen molar-refractivity contribution in [3.63, 3.8) is 0 Å². The maximum atomic E-state index is 2.44. The van der Waals surface area contributed by atoms with Gasteiger partial charge in [-0.3, -0.25) is 0 Å². The van der Waals surface area contributed by atoms with Gasteiger partial charge in [-0.1, -0.05) is 220 Å². The molecule has 13 rings (SSSR count). The minimum atomic E-state index is -0.395. The van der Waals surface area contributed by atoms with Crippen LogP contribution < -0.4 is 4.90 Å². The normalized spacial score (nSPS) is 13.9. The third-order valence-electron chi connectivity index (χ3n) is 14.7. The molecule has 3 aliphatic carbocycles. The molecule has 0 N–H and O–H groups in total. The van der Waals surface area contributed by atoms with Crippen molar-refractivity contribution in [2.24, 2.45) is 0 Å². The molecule has 0 fully saturated rings. The highest BCUT2D eigenvalue weighted by Gasteiger charge is 2.52. The van der Waals surface area contributed by atoms with Crippen LogP contribution in [0.2, 0.25) is 0 Å². The Hall–Kier alpha value is -8.00. The number of para-hydroxylation sites is 1. The predicted molar refractivity (Wildman–Crippen MR) is 271 cm³/mol. The minimum absolute atomic E-state index is 0.112. The summed E-state index contributed by atoms with van der Waals surface area (Å²) in [5, 5.41) is 0. The quantitative estimate of drug-likeness (QED) is 0.161. The predicted octanol–water partition coefficient (Wildman–Crippen LogP) is 16.8. The molecule has 0 saturated heterocycles. The number of hydrogen-bond acceptors (Lipinski definition) is 1. The zero-order valence-corrected chi connectivity index (χ0v) is 36.5. The highest BCUT2D eigenvalue weighted by Crippen LogP contribution is 2.64. The van der Waals surface area contributed by atoms with E-state index in [9.17, 15) is 0 Å². The Kier molecular flexibility index (Phi) is 8.24. The number of nitrogens with zero attached hydrogens (tertiary/aromatic N) is 1. The Balaban J connectivity index is 0.905. The van der Waals surface area contributed by atoms with Gasteiger partial charge >= 0.3 is 0 Å². The van der Waals surface area contributed by atoms with Crippen molar-refractivity contribution < 1.29 is 0 Å². The highest BCUT2D eigenvalue weighted by atomic mass is 15.1. The summed E-state index contributed by atoms with van der Waals surface area (Å²) in [6.07, 6.45) is 0. The van der Waals surface area contributed by atoms with Crippen LogP contribution in [-0.2, 0) is 10.8 Å². The van der Waals surface area contributed by atoms with Crippen LogP contribution in [-0.4, -0.2) is 0 Å². The summed E-state index contributed by atoms with van der Waals surface area (Å²) in [6, 6.07) is 88.0. The van der Waals surface area contributed by atoms with Crippen LogP contribution in [0.25, 0.3) is 66.8 Å². The van der Waals surface area contributed by atoms with E-state index in [1.54, 1.807) is 0 Å². The van der Waals surface area contributed by atoms with Crippen LogP contribution in [0.4, 0.5) is 17.1 Å². The molecule has 0 aliphatic heterocycles. The third-order valence-corrected chi connectivity index (χ3v) is 14.7. The highest BCUT2D eigenvalue weighted by molar-refractivity contribution is 5.99. The van der Waals surface area contributed by atoms with Gasteiger partial charge < -0.3 is 4.90 Å². The lowest BCUT2D eigenvalue weighted by Crippen LogP contribution is -2.26. The fraction of sp³-hybridized carbons (Fsp3) is 0.0625. The van der Waals surface area contributed by atoms with Crippen molar-refractivity contribution in [1.82, 2.24) is 0 Å². The number of fused-ring (bicyclic) bond motifs is 13. The summed E-state index contributed by atoms with van der Waals surface area (Å²) < 4.78 is 0. The van der Waals surface area contributed by atoms with Gasteiger partial charge in [-0.2, -0.15) is 0 Å². The first kappa shape index (κ1) is 37.5. The maximum absolute atomic E-state index is 2.44. The lowest BCUT2D eigenvalue weighted by Gasteiger charge is -2.32. The van der Waals surface area contributed by atoms with Crippen LogP contribution >= 0.6 is 0 Å². The van der Waals surface area contributed by atoms with Crippen LogP contribution in [0, 0.1) is 0 Å². The second kappa shape index (κ2) is 14.3. The van der Waals surface area contributed by atoms with Gasteiger partial charge in [0.25, 0.3) is 0 Å². The Morgan fingerprint density at radius 2 is 0.692 bits per heavy atom. The van der Waals surface area contributed by atoms with E-state index in [1.165, 1.54) is 100 Å². The molecular formula is C64H45N. The van der Waals surface area contributed by atoms with E-state index in [2.05, 4.69) is 255 Å². The first-order valence-corrected chi connectivity index (χ1v) is 22.8. The Morgan fingerprint density at radius 1 is 0.277 bits per heavy atom. The summed E-state index contributed by atoms with van der Waals surface area (Å²) in [5.41, 5.74) is 26.3. The van der Waals surface area contributed by atoms with E-state index in [-0.39, 0.29) is 5.41 Å². The van der Waals surface area contributed by atoms with Gasteiger partial charge in [0.05, 0.1) is 11.1 Å². The van der Waals surface area contributed by atoms with Crippen molar-refractivity contribution in [3.8, 4) is 66.8 Å². The summed E-state index contributed by atoms with van der Waals surface area (Å²) in [4.78, 5) is 2.44. The van der Waals surface area contributed by atoms with Crippen molar-refractivity contribution in [2.75, 3.05) is 4.90 Å². The Bertz CT molecular complexity index is 3440. The number of hydrogen-bond donors (Lipinski definition) is 0. The SMILES string of the molecule is CC1(C)c2ccccc2-c2ccc(N(c3ccc(-c4ccc(-c5cccc6c5C5(c7ccccc7-c7ccccc75)c5ccccc5-6)cc4)cc3)c3ccccc3-c3ccccc3)cc21. The van der Waals surface area contributed by atoms with E-state index in [4.69, 9.17) is 0 Å². The van der Waals surface area contributed by atoms with E-state index < -0.39 is 5.41 Å². The topological polar surface area (TPSA) is 3.24 Å². The molecule has 1 heteroatoms. The maximum Gasteiger partial charge on any atom is 0.0731 e. The summed E-state index contributed by atoms with van der Waals surface area (Å²) in [7, 11) is 0. The third kappa shape index (κ3) is 5.39. The molecule has 1 spiro atoms. The van der Waals surface area contributed by atoms with Crippen molar-refractivity contribution in [3.05, 3.63) is 270 Å². The molecule has 0 heterocycles. The molecule has 0 aromatic heterocycles. The van der Waals surface area contributed by atoms with Crippen LogP contribution in [0.1, 0.15) is 47.2 Å². The smallest absolute Gasteiger partial charge is 0.0731 e. The lowest BCUT2D eigenvalue weighted by molar-refractivity contribution is 0.660. The molecule has 0 amide bonds. The molecule has 306 valence electrons. The van der Waals surface area contributed by atoms with Gasteiger partial charge in [-0.25, -0.2) is 0 Å². The summed E-state index contributed by atoms with van der Waals surface area (Å²) >= 11 is 0. The first-order chi connectivity index (χ1) is 32.0. The molecule has 0 bridgehead atoms. The van der Waals surface area contributed by atoms with Crippen molar-refractivity contribution in [2.45, 2.75) is 24.7 Å². The second-order valence-electron chi connectivity index (χ2n) is 18.4. The van der Waals surface area contributed by atoms with E-state index in [1.807, 2.05) is 0 Å². The fourth-order valence-electron chi connectivity index (χ4n) is 11.8. The average molecular weight is 828 g/mol. The van der Waals surface area contributed by atoms with Crippen LogP contribution in [0.5, 0.6) is 0 Å². The van der Waals surface area contributed by atoms with Crippen molar-refractivity contribution >= 4 is 17.1 Å². The molecule has 0 radical (unpaired) electrons. The summed E-state index contributed by atoms with van der Waals surface area (Å²) in [6.45, 7) is 4.72. The van der Waals surface area contributed by atoms with Gasteiger partial charge in [0, 0.05) is 22.4 Å². The zero-order chi connectivity index (χ0) is 43.3. The van der Waals surface area contributed by atoms with Gasteiger partial charge in [-0.05, 0) is 125 Å². The van der Waals surface area contributed by atoms with E-state index in [0.29, 0.717) is 0 Å². The molecule has 1 nitrogen and oxygen atoms in total. The van der Waals surface area contributed by atoms with Gasteiger partial charge in [0.1, 0.15) is 0 Å².